The first-order valence-corrected chi connectivity index (χ1v) is 9.83. The Morgan fingerprint density at radius 3 is 2.60 bits per heavy atom. The number of rotatable bonds is 6. The molecule has 3 heterocycles. The second-order valence-electron chi connectivity index (χ2n) is 7.73. The number of ether oxygens (including phenoxy) is 1. The zero-order valence-corrected chi connectivity index (χ0v) is 17.0. The SMILES string of the molecule is Cc1c(C(NC(=O)Nc2cnc(NC3COC3)nc2)C(C)C)oc2ccc(F)cc12. The summed E-state index contributed by atoms with van der Waals surface area (Å²) < 4.78 is 24.7. The Kier molecular flexibility index (Phi) is 5.54. The average Bonchev–Trinajstić information content (AvgIpc) is 3.00. The van der Waals surface area contributed by atoms with Crippen molar-refractivity contribution in [1.82, 2.24) is 15.3 Å². The van der Waals surface area contributed by atoms with Crippen LogP contribution in [0.4, 0.5) is 20.8 Å². The van der Waals surface area contributed by atoms with Crippen molar-refractivity contribution in [2.75, 3.05) is 23.8 Å². The minimum Gasteiger partial charge on any atom is -0.459 e. The summed E-state index contributed by atoms with van der Waals surface area (Å²) in [6.45, 7) is 7.09. The van der Waals surface area contributed by atoms with Crippen molar-refractivity contribution in [3.63, 3.8) is 0 Å². The summed E-state index contributed by atoms with van der Waals surface area (Å²) in [7, 11) is 0. The molecule has 0 spiro atoms. The van der Waals surface area contributed by atoms with E-state index in [9.17, 15) is 9.18 Å². The molecule has 1 aliphatic rings. The molecule has 3 aromatic rings. The Balaban J connectivity index is 1.45. The first kappa shape index (κ1) is 20.1. The normalized spacial score (nSPS) is 15.1. The van der Waals surface area contributed by atoms with E-state index >= 15 is 0 Å². The first-order valence-electron chi connectivity index (χ1n) is 9.83. The molecule has 0 radical (unpaired) electrons. The molecule has 1 aromatic carbocycles. The fraction of sp³-hybridized carbons (Fsp3) is 0.381. The van der Waals surface area contributed by atoms with Gasteiger partial charge in [-0.25, -0.2) is 19.2 Å². The largest absolute Gasteiger partial charge is 0.459 e. The number of urea groups is 1. The molecule has 8 nitrogen and oxygen atoms in total. The van der Waals surface area contributed by atoms with Gasteiger partial charge in [-0.15, -0.1) is 0 Å². The summed E-state index contributed by atoms with van der Waals surface area (Å²) in [5.74, 6) is 0.818. The molecule has 1 aliphatic heterocycles. The van der Waals surface area contributed by atoms with Gasteiger partial charge < -0.3 is 25.1 Å². The number of carbonyl (C=O) groups is 1. The molecule has 1 saturated heterocycles. The van der Waals surface area contributed by atoms with Crippen LogP contribution in [0, 0.1) is 18.7 Å². The predicted molar refractivity (Wildman–Crippen MR) is 111 cm³/mol. The molecule has 2 aromatic heterocycles. The molecule has 158 valence electrons. The number of aromatic nitrogens is 2. The van der Waals surface area contributed by atoms with Crippen molar-refractivity contribution in [1.29, 1.82) is 0 Å². The molecule has 9 heteroatoms. The summed E-state index contributed by atoms with van der Waals surface area (Å²) in [6, 6.07) is 3.83. The van der Waals surface area contributed by atoms with Crippen LogP contribution in [-0.4, -0.2) is 35.3 Å². The fourth-order valence-corrected chi connectivity index (χ4v) is 3.32. The Labute approximate surface area is 173 Å². The molecule has 1 unspecified atom stereocenters. The second-order valence-corrected chi connectivity index (χ2v) is 7.73. The highest BCUT2D eigenvalue weighted by atomic mass is 19.1. The number of nitrogens with zero attached hydrogens (tertiary/aromatic N) is 2. The number of aryl methyl sites for hydroxylation is 1. The van der Waals surface area contributed by atoms with Crippen LogP contribution in [0.15, 0.2) is 35.0 Å². The molecular formula is C21H24FN5O3. The van der Waals surface area contributed by atoms with Gasteiger partial charge in [0.15, 0.2) is 0 Å². The molecule has 2 amide bonds. The van der Waals surface area contributed by atoms with E-state index in [1.54, 1.807) is 6.07 Å². The van der Waals surface area contributed by atoms with E-state index in [1.165, 1.54) is 24.5 Å². The van der Waals surface area contributed by atoms with Crippen LogP contribution in [0.1, 0.15) is 31.2 Å². The van der Waals surface area contributed by atoms with Crippen molar-refractivity contribution in [3.05, 3.63) is 47.7 Å². The summed E-state index contributed by atoms with van der Waals surface area (Å²) in [5.41, 5.74) is 1.86. The van der Waals surface area contributed by atoms with Gasteiger partial charge >= 0.3 is 6.03 Å². The summed E-state index contributed by atoms with van der Waals surface area (Å²) >= 11 is 0. The van der Waals surface area contributed by atoms with Gasteiger partial charge in [-0.05, 0) is 31.0 Å². The minimum absolute atomic E-state index is 0.0485. The van der Waals surface area contributed by atoms with Crippen LogP contribution in [-0.2, 0) is 4.74 Å². The van der Waals surface area contributed by atoms with E-state index in [0.717, 1.165) is 5.56 Å². The Hall–Kier alpha value is -3.20. The topological polar surface area (TPSA) is 101 Å². The second kappa shape index (κ2) is 8.27. The lowest BCUT2D eigenvalue weighted by atomic mass is 9.98. The van der Waals surface area contributed by atoms with Crippen LogP contribution in [0.25, 0.3) is 11.0 Å². The van der Waals surface area contributed by atoms with Crippen LogP contribution in [0.2, 0.25) is 0 Å². The molecule has 0 bridgehead atoms. The monoisotopic (exact) mass is 413 g/mol. The van der Waals surface area contributed by atoms with Crippen LogP contribution in [0.3, 0.4) is 0 Å². The van der Waals surface area contributed by atoms with Gasteiger partial charge in [0.2, 0.25) is 5.95 Å². The van der Waals surface area contributed by atoms with Crippen LogP contribution >= 0.6 is 0 Å². The lowest BCUT2D eigenvalue weighted by molar-refractivity contribution is 0.0208. The van der Waals surface area contributed by atoms with Gasteiger partial charge in [0.05, 0.1) is 43.4 Å². The van der Waals surface area contributed by atoms with Crippen molar-refractivity contribution in [3.8, 4) is 0 Å². The predicted octanol–water partition coefficient (Wildman–Crippen LogP) is 4.00. The fourth-order valence-electron chi connectivity index (χ4n) is 3.32. The third kappa shape index (κ3) is 4.20. The summed E-state index contributed by atoms with van der Waals surface area (Å²) in [4.78, 5) is 21.0. The van der Waals surface area contributed by atoms with E-state index in [0.29, 0.717) is 41.6 Å². The quantitative estimate of drug-likeness (QED) is 0.565. The van der Waals surface area contributed by atoms with Crippen LogP contribution in [0.5, 0.6) is 0 Å². The lowest BCUT2D eigenvalue weighted by Gasteiger charge is -2.26. The zero-order chi connectivity index (χ0) is 21.3. The molecule has 30 heavy (non-hydrogen) atoms. The number of anilines is 2. The van der Waals surface area contributed by atoms with E-state index < -0.39 is 6.03 Å². The highest BCUT2D eigenvalue weighted by molar-refractivity contribution is 5.89. The maximum atomic E-state index is 13.6. The Morgan fingerprint density at radius 2 is 1.97 bits per heavy atom. The van der Waals surface area contributed by atoms with Crippen molar-refractivity contribution >= 4 is 28.6 Å². The Morgan fingerprint density at radius 1 is 1.23 bits per heavy atom. The lowest BCUT2D eigenvalue weighted by Crippen LogP contribution is -2.40. The number of furan rings is 1. The number of benzene rings is 1. The average molecular weight is 413 g/mol. The number of amides is 2. The van der Waals surface area contributed by atoms with Gasteiger partial charge in [-0.3, -0.25) is 0 Å². The molecule has 1 atom stereocenters. The third-order valence-corrected chi connectivity index (χ3v) is 5.05. The Bertz CT molecular complexity index is 1050. The number of halogens is 1. The van der Waals surface area contributed by atoms with Crippen LogP contribution < -0.4 is 16.0 Å². The molecule has 3 N–H and O–H groups in total. The third-order valence-electron chi connectivity index (χ3n) is 5.05. The van der Waals surface area contributed by atoms with E-state index in [1.807, 2.05) is 20.8 Å². The zero-order valence-electron chi connectivity index (χ0n) is 17.0. The number of carbonyl (C=O) groups excluding carboxylic acids is 1. The van der Waals surface area contributed by atoms with Crippen molar-refractivity contribution < 1.29 is 18.3 Å². The van der Waals surface area contributed by atoms with E-state index in [2.05, 4.69) is 25.9 Å². The number of fused-ring (bicyclic) bond motifs is 1. The summed E-state index contributed by atoms with van der Waals surface area (Å²) in [5, 5.41) is 9.51. The standard InChI is InChI=1S/C21H24FN5O3/c1-11(2)18(19-12(3)16-6-13(22)4-5-17(16)30-19)27-21(28)26-14-7-23-20(24-8-14)25-15-9-29-10-15/h4-8,11,15,18H,9-10H2,1-3H3,(H,23,24,25)(H2,26,27,28). The maximum Gasteiger partial charge on any atom is 0.319 e. The molecule has 1 fully saturated rings. The van der Waals surface area contributed by atoms with Crippen molar-refractivity contribution in [2.45, 2.75) is 32.9 Å². The van der Waals surface area contributed by atoms with Gasteiger partial charge in [-0.1, -0.05) is 13.8 Å². The number of hydrogen-bond donors (Lipinski definition) is 3. The van der Waals surface area contributed by atoms with Gasteiger partial charge in [-0.2, -0.15) is 0 Å². The van der Waals surface area contributed by atoms with Crippen molar-refractivity contribution in [2.24, 2.45) is 5.92 Å². The van der Waals surface area contributed by atoms with Gasteiger partial charge in [0.1, 0.15) is 17.2 Å². The van der Waals surface area contributed by atoms with Gasteiger partial charge in [0, 0.05) is 10.9 Å². The van der Waals surface area contributed by atoms with Gasteiger partial charge in [0.25, 0.3) is 0 Å². The maximum absolute atomic E-state index is 13.6. The van der Waals surface area contributed by atoms with E-state index in [-0.39, 0.29) is 23.8 Å². The smallest absolute Gasteiger partial charge is 0.319 e. The molecular weight excluding hydrogens is 389 g/mol. The highest BCUT2D eigenvalue weighted by Gasteiger charge is 2.25. The summed E-state index contributed by atoms with van der Waals surface area (Å²) in [6.07, 6.45) is 3.07. The van der Waals surface area contributed by atoms with E-state index in [4.69, 9.17) is 9.15 Å². The molecule has 4 rings (SSSR count). The number of hydrogen-bond acceptors (Lipinski definition) is 6. The number of nitrogens with one attached hydrogen (secondary N) is 3. The highest BCUT2D eigenvalue weighted by Crippen LogP contribution is 2.33. The first-order chi connectivity index (χ1) is 14.4. The minimum atomic E-state index is -0.406. The molecule has 0 aliphatic carbocycles. The molecule has 0 saturated carbocycles.